The maximum Gasteiger partial charge on any atom is 0.249 e. The summed E-state index contributed by atoms with van der Waals surface area (Å²) in [6.07, 6.45) is 3.36. The van der Waals surface area contributed by atoms with E-state index < -0.39 is 5.38 Å². The molecule has 96 valence electrons. The zero-order chi connectivity index (χ0) is 13.2. The third-order valence-corrected chi connectivity index (χ3v) is 3.24. The number of rotatable bonds is 3. The maximum absolute atomic E-state index is 6.33. The molecule has 0 bridgehead atoms. The summed E-state index contributed by atoms with van der Waals surface area (Å²) in [6.45, 7) is 0. The fraction of sp³-hybridized carbons (Fsp3) is 0.154. The molecule has 19 heavy (non-hydrogen) atoms. The van der Waals surface area contributed by atoms with Crippen molar-refractivity contribution in [1.29, 1.82) is 0 Å². The Kier molecular flexibility index (Phi) is 3.05. The Balaban J connectivity index is 1.92. The van der Waals surface area contributed by atoms with Gasteiger partial charge in [-0.2, -0.15) is 4.98 Å². The lowest BCUT2D eigenvalue weighted by molar-refractivity contribution is 0.382. The highest BCUT2D eigenvalue weighted by atomic mass is 35.5. The number of aryl methyl sites for hydroxylation is 1. The molecule has 5 nitrogen and oxygen atoms in total. The van der Waals surface area contributed by atoms with Gasteiger partial charge < -0.3 is 9.09 Å². The first-order valence-electron chi connectivity index (χ1n) is 5.75. The predicted molar refractivity (Wildman–Crippen MR) is 70.6 cm³/mol. The van der Waals surface area contributed by atoms with Gasteiger partial charge >= 0.3 is 0 Å². The van der Waals surface area contributed by atoms with Crippen LogP contribution in [0.25, 0.3) is 11.5 Å². The number of halogens is 1. The van der Waals surface area contributed by atoms with Crippen LogP contribution in [0.2, 0.25) is 0 Å². The lowest BCUT2D eigenvalue weighted by atomic mass is 10.1. The number of imidazole rings is 1. The summed E-state index contributed by atoms with van der Waals surface area (Å²) in [5.41, 5.74) is 1.70. The molecule has 0 spiro atoms. The topological polar surface area (TPSA) is 56.7 Å². The van der Waals surface area contributed by atoms with Crippen molar-refractivity contribution in [3.8, 4) is 11.5 Å². The smallest absolute Gasteiger partial charge is 0.249 e. The van der Waals surface area contributed by atoms with E-state index in [1.807, 2.05) is 41.9 Å². The van der Waals surface area contributed by atoms with Crippen LogP contribution in [-0.2, 0) is 7.05 Å². The average Bonchev–Trinajstić information content (AvgIpc) is 3.07. The van der Waals surface area contributed by atoms with Gasteiger partial charge in [-0.3, -0.25) is 0 Å². The Morgan fingerprint density at radius 1 is 1.26 bits per heavy atom. The van der Waals surface area contributed by atoms with Gasteiger partial charge in [-0.1, -0.05) is 35.5 Å². The van der Waals surface area contributed by atoms with E-state index in [1.165, 1.54) is 0 Å². The molecule has 0 radical (unpaired) electrons. The molecular formula is C13H11ClN4O. The van der Waals surface area contributed by atoms with Gasteiger partial charge in [0.15, 0.2) is 0 Å². The Bertz CT molecular complexity index is 677. The Morgan fingerprint density at radius 2 is 2.05 bits per heavy atom. The van der Waals surface area contributed by atoms with E-state index in [4.69, 9.17) is 16.1 Å². The Hall–Kier alpha value is -2.14. The highest BCUT2D eigenvalue weighted by molar-refractivity contribution is 6.22. The summed E-state index contributed by atoms with van der Waals surface area (Å²) < 4.78 is 7.05. The fourth-order valence-electron chi connectivity index (χ4n) is 1.78. The monoisotopic (exact) mass is 274 g/mol. The minimum atomic E-state index is -0.448. The second-order valence-corrected chi connectivity index (χ2v) is 4.56. The molecule has 0 N–H and O–H groups in total. The van der Waals surface area contributed by atoms with Crippen molar-refractivity contribution in [2.24, 2.45) is 7.05 Å². The molecule has 1 unspecified atom stereocenters. The summed E-state index contributed by atoms with van der Waals surface area (Å²) in [7, 11) is 1.87. The first-order chi connectivity index (χ1) is 9.25. The second-order valence-electron chi connectivity index (χ2n) is 4.12. The van der Waals surface area contributed by atoms with Crippen LogP contribution in [0.4, 0.5) is 0 Å². The van der Waals surface area contributed by atoms with Crippen molar-refractivity contribution in [2.45, 2.75) is 5.38 Å². The highest BCUT2D eigenvalue weighted by Crippen LogP contribution is 2.28. The van der Waals surface area contributed by atoms with Crippen molar-refractivity contribution in [3.63, 3.8) is 0 Å². The van der Waals surface area contributed by atoms with E-state index in [2.05, 4.69) is 15.1 Å². The molecule has 0 saturated carbocycles. The Morgan fingerprint density at radius 3 is 2.74 bits per heavy atom. The second kappa shape index (κ2) is 4.85. The molecule has 0 aliphatic rings. The van der Waals surface area contributed by atoms with Crippen LogP contribution in [0.15, 0.2) is 47.4 Å². The van der Waals surface area contributed by atoms with Gasteiger partial charge in [0.05, 0.1) is 12.5 Å². The van der Waals surface area contributed by atoms with Gasteiger partial charge in [-0.05, 0) is 5.56 Å². The van der Waals surface area contributed by atoms with Gasteiger partial charge in [0.2, 0.25) is 11.7 Å². The molecule has 6 heteroatoms. The van der Waals surface area contributed by atoms with Crippen molar-refractivity contribution in [1.82, 2.24) is 19.7 Å². The number of alkyl halides is 1. The third kappa shape index (κ3) is 2.24. The van der Waals surface area contributed by atoms with E-state index in [0.29, 0.717) is 11.7 Å². The van der Waals surface area contributed by atoms with Crippen LogP contribution in [0, 0.1) is 0 Å². The van der Waals surface area contributed by atoms with Crippen LogP contribution in [0.3, 0.4) is 0 Å². The highest BCUT2D eigenvalue weighted by Gasteiger charge is 2.19. The summed E-state index contributed by atoms with van der Waals surface area (Å²) in [6, 6.07) is 9.62. The summed E-state index contributed by atoms with van der Waals surface area (Å²) in [5.74, 6) is 0.862. The summed E-state index contributed by atoms with van der Waals surface area (Å²) in [4.78, 5) is 8.34. The number of hydrogen-bond acceptors (Lipinski definition) is 4. The van der Waals surface area contributed by atoms with Gasteiger partial charge in [0, 0.05) is 7.05 Å². The molecule has 2 aromatic heterocycles. The lowest BCUT2D eigenvalue weighted by Gasteiger charge is -2.03. The molecule has 3 aromatic rings. The summed E-state index contributed by atoms with van der Waals surface area (Å²) in [5, 5.41) is 3.49. The van der Waals surface area contributed by atoms with Gasteiger partial charge in [0.25, 0.3) is 0 Å². The molecule has 0 amide bonds. The van der Waals surface area contributed by atoms with Crippen molar-refractivity contribution >= 4 is 11.6 Å². The van der Waals surface area contributed by atoms with E-state index in [9.17, 15) is 0 Å². The zero-order valence-electron chi connectivity index (χ0n) is 10.2. The van der Waals surface area contributed by atoms with Crippen molar-refractivity contribution in [2.75, 3.05) is 0 Å². The molecule has 0 aliphatic heterocycles. The first kappa shape index (κ1) is 11.9. The first-order valence-corrected chi connectivity index (χ1v) is 6.18. The third-order valence-electron chi connectivity index (χ3n) is 2.80. The molecule has 0 saturated heterocycles. The van der Waals surface area contributed by atoms with E-state index in [-0.39, 0.29) is 0 Å². The maximum atomic E-state index is 6.33. The SMILES string of the molecule is Cn1cncc1-c1noc(C(Cl)c2ccccc2)n1. The van der Waals surface area contributed by atoms with Gasteiger partial charge in [-0.15, -0.1) is 11.6 Å². The normalized spacial score (nSPS) is 12.5. The van der Waals surface area contributed by atoms with Crippen LogP contribution >= 0.6 is 11.6 Å². The van der Waals surface area contributed by atoms with Crippen molar-refractivity contribution in [3.05, 3.63) is 54.3 Å². The van der Waals surface area contributed by atoms with Gasteiger partial charge in [0.1, 0.15) is 11.1 Å². The summed E-state index contributed by atoms with van der Waals surface area (Å²) >= 11 is 6.33. The van der Waals surface area contributed by atoms with E-state index in [1.54, 1.807) is 12.5 Å². The largest absolute Gasteiger partial charge is 0.337 e. The number of aromatic nitrogens is 4. The number of nitrogens with zero attached hydrogens (tertiary/aromatic N) is 4. The molecule has 0 aliphatic carbocycles. The molecule has 1 atom stereocenters. The van der Waals surface area contributed by atoms with Crippen LogP contribution in [0.1, 0.15) is 16.8 Å². The number of hydrogen-bond donors (Lipinski definition) is 0. The standard InChI is InChI=1S/C13H11ClN4O/c1-18-8-15-7-10(18)12-16-13(19-17-12)11(14)9-5-3-2-4-6-9/h2-8,11H,1H3. The molecule has 3 rings (SSSR count). The average molecular weight is 275 g/mol. The van der Waals surface area contributed by atoms with E-state index >= 15 is 0 Å². The quantitative estimate of drug-likeness (QED) is 0.689. The molecule has 2 heterocycles. The molecular weight excluding hydrogens is 264 g/mol. The fourth-order valence-corrected chi connectivity index (χ4v) is 2.01. The van der Waals surface area contributed by atoms with Crippen LogP contribution in [0.5, 0.6) is 0 Å². The van der Waals surface area contributed by atoms with Gasteiger partial charge in [-0.25, -0.2) is 4.98 Å². The predicted octanol–water partition coefficient (Wildman–Crippen LogP) is 2.80. The van der Waals surface area contributed by atoms with E-state index in [0.717, 1.165) is 11.3 Å². The Labute approximate surface area is 114 Å². The van der Waals surface area contributed by atoms with Crippen LogP contribution in [-0.4, -0.2) is 19.7 Å². The van der Waals surface area contributed by atoms with Crippen LogP contribution < -0.4 is 0 Å². The number of benzene rings is 1. The minimum absolute atomic E-state index is 0.379. The minimum Gasteiger partial charge on any atom is -0.337 e. The molecule has 1 aromatic carbocycles. The zero-order valence-corrected chi connectivity index (χ0v) is 10.9. The molecule has 0 fully saturated rings. The van der Waals surface area contributed by atoms with Crippen molar-refractivity contribution < 1.29 is 4.52 Å². The lowest BCUT2D eigenvalue weighted by Crippen LogP contribution is -1.94.